The van der Waals surface area contributed by atoms with Crippen molar-refractivity contribution in [1.29, 1.82) is 0 Å². The summed E-state index contributed by atoms with van der Waals surface area (Å²) in [5, 5.41) is 11.9. The molecule has 2 aliphatic heterocycles. The Labute approximate surface area is 171 Å². The third kappa shape index (κ3) is 4.84. The molecule has 2 fully saturated rings. The van der Waals surface area contributed by atoms with Gasteiger partial charge < -0.3 is 24.4 Å². The highest BCUT2D eigenvalue weighted by molar-refractivity contribution is 5.80. The lowest BCUT2D eigenvalue weighted by Gasteiger charge is -2.37. The summed E-state index contributed by atoms with van der Waals surface area (Å²) in [5.41, 5.74) is 0. The summed E-state index contributed by atoms with van der Waals surface area (Å²) in [6, 6.07) is 6.05. The predicted octanol–water partition coefficient (Wildman–Crippen LogP) is 0.965. The molecule has 2 saturated heterocycles. The van der Waals surface area contributed by atoms with Crippen molar-refractivity contribution in [2.24, 2.45) is 12.0 Å². The largest absolute Gasteiger partial charge is 0.376 e. The number of anilines is 1. The average molecular weight is 399 g/mol. The molecule has 0 aromatic carbocycles. The number of nitrogens with zero attached hydrogens (tertiary/aromatic N) is 7. The smallest absolute Gasteiger partial charge is 0.194 e. The molecule has 4 heterocycles. The van der Waals surface area contributed by atoms with Gasteiger partial charge >= 0.3 is 0 Å². The van der Waals surface area contributed by atoms with Gasteiger partial charge in [-0.15, -0.1) is 10.2 Å². The topological polar surface area (TPSA) is 83.7 Å². The Bertz CT molecular complexity index is 807. The first-order chi connectivity index (χ1) is 14.2. The van der Waals surface area contributed by atoms with E-state index in [0.29, 0.717) is 6.54 Å². The van der Waals surface area contributed by atoms with Gasteiger partial charge in [-0.25, -0.2) is 9.98 Å². The lowest BCUT2D eigenvalue weighted by atomic mass is 10.2. The molecule has 0 bridgehead atoms. The second kappa shape index (κ2) is 9.21. The Balaban J connectivity index is 1.41. The number of ether oxygens (including phenoxy) is 1. The number of aryl methyl sites for hydroxylation is 1. The highest BCUT2D eigenvalue weighted by Crippen LogP contribution is 2.14. The first kappa shape index (κ1) is 19.6. The van der Waals surface area contributed by atoms with Crippen molar-refractivity contribution in [1.82, 2.24) is 30.0 Å². The number of nitrogens with one attached hydrogen (secondary N) is 1. The summed E-state index contributed by atoms with van der Waals surface area (Å²) in [7, 11) is 1.98. The fraction of sp³-hybridized carbons (Fsp3) is 0.600. The van der Waals surface area contributed by atoms with Gasteiger partial charge in [0.1, 0.15) is 18.2 Å². The maximum absolute atomic E-state index is 5.77. The minimum absolute atomic E-state index is 0.270. The van der Waals surface area contributed by atoms with Gasteiger partial charge in [0.05, 0.1) is 6.10 Å². The van der Waals surface area contributed by atoms with Gasteiger partial charge in [0.2, 0.25) is 0 Å². The molecule has 9 heteroatoms. The Morgan fingerprint density at radius 2 is 2.10 bits per heavy atom. The van der Waals surface area contributed by atoms with E-state index in [1.807, 2.05) is 36.9 Å². The molecule has 1 atom stereocenters. The number of hydrogen-bond donors (Lipinski definition) is 1. The fourth-order valence-electron chi connectivity index (χ4n) is 3.70. The summed E-state index contributed by atoms with van der Waals surface area (Å²) in [5.74, 6) is 3.72. The van der Waals surface area contributed by atoms with Crippen LogP contribution >= 0.6 is 0 Å². The third-order valence-electron chi connectivity index (χ3n) is 5.62. The number of pyridine rings is 1. The van der Waals surface area contributed by atoms with E-state index in [4.69, 9.17) is 9.73 Å². The SMILES string of the molecule is Cc1nnc(CN=C(NCC2CCCO2)N2CCN(c3ccccn3)CC2)n1C. The van der Waals surface area contributed by atoms with Gasteiger partial charge in [-0.3, -0.25) is 0 Å². The molecule has 4 rings (SSSR count). The monoisotopic (exact) mass is 398 g/mol. The summed E-state index contributed by atoms with van der Waals surface area (Å²) in [4.78, 5) is 14.0. The van der Waals surface area contributed by atoms with Crippen molar-refractivity contribution in [3.05, 3.63) is 36.0 Å². The van der Waals surface area contributed by atoms with Crippen LogP contribution in [-0.4, -0.2) is 76.0 Å². The first-order valence-electron chi connectivity index (χ1n) is 10.4. The Hall–Kier alpha value is -2.68. The van der Waals surface area contributed by atoms with Crippen LogP contribution < -0.4 is 10.2 Å². The fourth-order valence-corrected chi connectivity index (χ4v) is 3.70. The van der Waals surface area contributed by atoms with Gasteiger partial charge in [0, 0.05) is 52.6 Å². The molecule has 2 aromatic heterocycles. The van der Waals surface area contributed by atoms with Gasteiger partial charge in [-0.05, 0) is 31.9 Å². The van der Waals surface area contributed by atoms with Crippen LogP contribution in [0.5, 0.6) is 0 Å². The van der Waals surface area contributed by atoms with E-state index in [1.165, 1.54) is 0 Å². The van der Waals surface area contributed by atoms with Gasteiger partial charge in [-0.1, -0.05) is 6.07 Å². The minimum Gasteiger partial charge on any atom is -0.376 e. The molecule has 0 saturated carbocycles. The molecule has 156 valence electrons. The second-order valence-electron chi connectivity index (χ2n) is 7.54. The molecule has 29 heavy (non-hydrogen) atoms. The highest BCUT2D eigenvalue weighted by atomic mass is 16.5. The van der Waals surface area contributed by atoms with Crippen molar-refractivity contribution in [2.45, 2.75) is 32.4 Å². The zero-order chi connectivity index (χ0) is 20.1. The van der Waals surface area contributed by atoms with Crippen LogP contribution in [0.4, 0.5) is 5.82 Å². The summed E-state index contributed by atoms with van der Waals surface area (Å²) in [6.45, 7) is 7.73. The zero-order valence-electron chi connectivity index (χ0n) is 17.3. The van der Waals surface area contributed by atoms with Gasteiger partial charge in [0.15, 0.2) is 11.8 Å². The first-order valence-corrected chi connectivity index (χ1v) is 10.4. The normalized spacial score (nSPS) is 20.3. The van der Waals surface area contributed by atoms with Crippen molar-refractivity contribution in [3.63, 3.8) is 0 Å². The molecule has 9 nitrogen and oxygen atoms in total. The van der Waals surface area contributed by atoms with Crippen LogP contribution in [0, 0.1) is 6.92 Å². The van der Waals surface area contributed by atoms with E-state index in [1.54, 1.807) is 0 Å². The molecule has 2 aliphatic rings. The Kier molecular flexibility index (Phi) is 6.24. The average Bonchev–Trinajstić information content (AvgIpc) is 3.40. The number of rotatable bonds is 5. The highest BCUT2D eigenvalue weighted by Gasteiger charge is 2.22. The number of piperazine rings is 1. The summed E-state index contributed by atoms with van der Waals surface area (Å²) < 4.78 is 7.76. The van der Waals surface area contributed by atoms with Crippen LogP contribution in [-0.2, 0) is 18.3 Å². The van der Waals surface area contributed by atoms with Crippen molar-refractivity contribution in [2.75, 3.05) is 44.2 Å². The van der Waals surface area contributed by atoms with E-state index in [0.717, 1.165) is 75.6 Å². The van der Waals surface area contributed by atoms with E-state index in [2.05, 4.69) is 36.4 Å². The molecular weight excluding hydrogens is 368 g/mol. The minimum atomic E-state index is 0.270. The molecule has 0 aliphatic carbocycles. The molecule has 0 amide bonds. The van der Waals surface area contributed by atoms with E-state index < -0.39 is 0 Å². The predicted molar refractivity (Wildman–Crippen MR) is 112 cm³/mol. The van der Waals surface area contributed by atoms with Crippen LogP contribution in [0.15, 0.2) is 29.4 Å². The number of guanidine groups is 1. The molecule has 2 aromatic rings. The van der Waals surface area contributed by atoms with Crippen LogP contribution in [0.1, 0.15) is 24.5 Å². The Morgan fingerprint density at radius 3 is 2.76 bits per heavy atom. The van der Waals surface area contributed by atoms with E-state index >= 15 is 0 Å². The molecule has 0 spiro atoms. The summed E-state index contributed by atoms with van der Waals surface area (Å²) in [6.07, 6.45) is 4.36. The van der Waals surface area contributed by atoms with Gasteiger partial charge in [-0.2, -0.15) is 0 Å². The molecular formula is C20H30N8O. The van der Waals surface area contributed by atoms with Crippen LogP contribution in [0.2, 0.25) is 0 Å². The maximum Gasteiger partial charge on any atom is 0.194 e. The van der Waals surface area contributed by atoms with Crippen LogP contribution in [0.3, 0.4) is 0 Å². The third-order valence-corrected chi connectivity index (χ3v) is 5.62. The molecule has 1 N–H and O–H groups in total. The standard InChI is InChI=1S/C20H30N8O/c1-16-24-25-19(26(16)2)15-23-20(22-14-17-6-5-13-29-17)28-11-9-27(10-12-28)18-7-3-4-8-21-18/h3-4,7-8,17H,5-6,9-15H2,1-2H3,(H,22,23). The Morgan fingerprint density at radius 1 is 1.24 bits per heavy atom. The van der Waals surface area contributed by atoms with Crippen LogP contribution in [0.25, 0.3) is 0 Å². The second-order valence-corrected chi connectivity index (χ2v) is 7.54. The lowest BCUT2D eigenvalue weighted by molar-refractivity contribution is 0.113. The summed E-state index contributed by atoms with van der Waals surface area (Å²) >= 11 is 0. The maximum atomic E-state index is 5.77. The molecule has 0 radical (unpaired) electrons. The quantitative estimate of drug-likeness (QED) is 0.593. The zero-order valence-corrected chi connectivity index (χ0v) is 17.3. The van der Waals surface area contributed by atoms with Crippen molar-refractivity contribution >= 4 is 11.8 Å². The van der Waals surface area contributed by atoms with Crippen molar-refractivity contribution in [3.8, 4) is 0 Å². The number of aromatic nitrogens is 4. The van der Waals surface area contributed by atoms with E-state index in [9.17, 15) is 0 Å². The lowest BCUT2D eigenvalue weighted by Crippen LogP contribution is -2.53. The number of aliphatic imine (C=N–C) groups is 1. The number of hydrogen-bond acceptors (Lipinski definition) is 6. The van der Waals surface area contributed by atoms with Gasteiger partial charge in [0.25, 0.3) is 0 Å². The van der Waals surface area contributed by atoms with E-state index in [-0.39, 0.29) is 6.10 Å². The molecule has 1 unspecified atom stereocenters. The van der Waals surface area contributed by atoms with Crippen molar-refractivity contribution < 1.29 is 4.74 Å².